The molecule has 0 radical (unpaired) electrons. The second-order valence-electron chi connectivity index (χ2n) is 4.85. The molecule has 0 bridgehead atoms. The maximum absolute atomic E-state index is 12.1. The molecule has 0 aliphatic heterocycles. The van der Waals surface area contributed by atoms with Crippen molar-refractivity contribution in [2.24, 2.45) is 11.1 Å². The minimum absolute atomic E-state index is 0.0827. The Kier molecular flexibility index (Phi) is 3.06. The maximum atomic E-state index is 12.1. The third-order valence-electron chi connectivity index (χ3n) is 3.72. The molecule has 1 heterocycles. The van der Waals surface area contributed by atoms with Crippen LogP contribution in [0.2, 0.25) is 0 Å². The van der Waals surface area contributed by atoms with Crippen LogP contribution in [-0.2, 0) is 0 Å². The van der Waals surface area contributed by atoms with E-state index in [0.29, 0.717) is 13.0 Å². The third-order valence-corrected chi connectivity index (χ3v) is 3.72. The maximum Gasteiger partial charge on any atom is 0.165 e. The smallest absolute Gasteiger partial charge is 0.165 e. The molecule has 1 aliphatic rings. The van der Waals surface area contributed by atoms with Gasteiger partial charge in [0.25, 0.3) is 0 Å². The molecule has 1 fully saturated rings. The van der Waals surface area contributed by atoms with Crippen molar-refractivity contribution in [2.75, 3.05) is 6.54 Å². The summed E-state index contributed by atoms with van der Waals surface area (Å²) in [7, 11) is 0. The van der Waals surface area contributed by atoms with Gasteiger partial charge in [0.15, 0.2) is 5.78 Å². The normalized spacial score (nSPS) is 17.9. The Morgan fingerprint density at radius 1 is 1.56 bits per heavy atom. The van der Waals surface area contributed by atoms with E-state index in [4.69, 9.17) is 5.73 Å². The predicted molar refractivity (Wildman–Crippen MR) is 63.3 cm³/mol. The highest BCUT2D eigenvalue weighted by atomic mass is 16.1. The number of nitrogens with two attached hydrogens (primary N) is 1. The molecule has 0 atom stereocenters. The predicted octanol–water partition coefficient (Wildman–Crippen LogP) is 2.09. The second-order valence-corrected chi connectivity index (χ2v) is 4.85. The number of aryl methyl sites for hydroxylation is 1. The minimum Gasteiger partial charge on any atom is -0.330 e. The number of hydrogen-bond donors (Lipinski definition) is 1. The first kappa shape index (κ1) is 11.3. The van der Waals surface area contributed by atoms with E-state index in [-0.39, 0.29) is 11.2 Å². The lowest BCUT2D eigenvalue weighted by atomic mass is 9.65. The van der Waals surface area contributed by atoms with Crippen LogP contribution >= 0.6 is 0 Å². The van der Waals surface area contributed by atoms with Gasteiger partial charge in [0, 0.05) is 24.4 Å². The van der Waals surface area contributed by atoms with Crippen LogP contribution in [-0.4, -0.2) is 17.3 Å². The lowest BCUT2D eigenvalue weighted by molar-refractivity contribution is 0.0785. The number of ketones is 1. The molecule has 0 spiro atoms. The number of Topliss-reactive ketones (excluding diaryl/α,β-unsaturated/α-hetero) is 1. The average molecular weight is 218 g/mol. The van der Waals surface area contributed by atoms with E-state index in [1.54, 1.807) is 12.4 Å². The lowest BCUT2D eigenvalue weighted by Crippen LogP contribution is -2.39. The van der Waals surface area contributed by atoms with Gasteiger partial charge in [0.1, 0.15) is 0 Å². The van der Waals surface area contributed by atoms with Crippen LogP contribution in [0.5, 0.6) is 0 Å². The first-order chi connectivity index (χ1) is 7.67. The summed E-state index contributed by atoms with van der Waals surface area (Å²) in [4.78, 5) is 16.2. The Bertz CT molecular complexity index is 391. The van der Waals surface area contributed by atoms with Gasteiger partial charge >= 0.3 is 0 Å². The second kappa shape index (κ2) is 4.34. The Morgan fingerprint density at radius 3 is 2.81 bits per heavy atom. The molecule has 2 N–H and O–H groups in total. The average Bonchev–Trinajstić information content (AvgIpc) is 2.24. The quantitative estimate of drug-likeness (QED) is 0.787. The lowest BCUT2D eigenvalue weighted by Gasteiger charge is -2.40. The summed E-state index contributed by atoms with van der Waals surface area (Å²) in [6.45, 7) is 2.57. The van der Waals surface area contributed by atoms with Crippen LogP contribution in [0.4, 0.5) is 0 Å². The summed E-state index contributed by atoms with van der Waals surface area (Å²) in [5, 5.41) is 0. The van der Waals surface area contributed by atoms with Gasteiger partial charge < -0.3 is 5.73 Å². The number of rotatable bonds is 4. The van der Waals surface area contributed by atoms with Crippen LogP contribution in [0.3, 0.4) is 0 Å². The van der Waals surface area contributed by atoms with Gasteiger partial charge in [-0.3, -0.25) is 9.78 Å². The molecular formula is C13H18N2O. The molecule has 1 aliphatic carbocycles. The van der Waals surface area contributed by atoms with Crippen molar-refractivity contribution in [3.05, 3.63) is 29.6 Å². The van der Waals surface area contributed by atoms with Gasteiger partial charge in [-0.05, 0) is 43.4 Å². The Hall–Kier alpha value is -1.22. The van der Waals surface area contributed by atoms with Crippen LogP contribution in [0.15, 0.2) is 18.5 Å². The van der Waals surface area contributed by atoms with Gasteiger partial charge in [-0.15, -0.1) is 0 Å². The molecule has 3 heteroatoms. The van der Waals surface area contributed by atoms with E-state index in [1.807, 2.05) is 13.0 Å². The molecule has 86 valence electrons. The minimum atomic E-state index is 0.0827. The van der Waals surface area contributed by atoms with Crippen LogP contribution < -0.4 is 5.73 Å². The van der Waals surface area contributed by atoms with Gasteiger partial charge in [-0.2, -0.15) is 0 Å². The monoisotopic (exact) mass is 218 g/mol. The van der Waals surface area contributed by atoms with Crippen molar-refractivity contribution < 1.29 is 4.79 Å². The Balaban J connectivity index is 2.11. The molecule has 0 unspecified atom stereocenters. The summed E-state index contributed by atoms with van der Waals surface area (Å²) in [5.74, 6) is 0.191. The van der Waals surface area contributed by atoms with Gasteiger partial charge in [-0.1, -0.05) is 6.42 Å². The Labute approximate surface area is 96.1 Å². The summed E-state index contributed by atoms with van der Waals surface area (Å²) >= 11 is 0. The molecule has 0 amide bonds. The highest BCUT2D eigenvalue weighted by Gasteiger charge is 2.37. The molecule has 1 aromatic rings. The highest BCUT2D eigenvalue weighted by Crippen LogP contribution is 2.43. The topological polar surface area (TPSA) is 56.0 Å². The first-order valence-corrected chi connectivity index (χ1v) is 5.81. The van der Waals surface area contributed by atoms with Gasteiger partial charge in [0.05, 0.1) is 0 Å². The van der Waals surface area contributed by atoms with Crippen LogP contribution in [0.1, 0.15) is 41.6 Å². The summed E-state index contributed by atoms with van der Waals surface area (Å²) in [6, 6.07) is 1.88. The number of pyridine rings is 1. The fourth-order valence-electron chi connectivity index (χ4n) is 2.32. The van der Waals surface area contributed by atoms with Crippen LogP contribution in [0.25, 0.3) is 0 Å². The highest BCUT2D eigenvalue weighted by molar-refractivity contribution is 5.97. The van der Waals surface area contributed by atoms with E-state index >= 15 is 0 Å². The SMILES string of the molecule is Cc1ccncc1C(=O)CC1(CN)CCC1. The summed E-state index contributed by atoms with van der Waals surface area (Å²) < 4.78 is 0. The molecule has 16 heavy (non-hydrogen) atoms. The molecule has 1 aromatic heterocycles. The molecule has 0 aromatic carbocycles. The zero-order valence-corrected chi connectivity index (χ0v) is 9.70. The molecule has 2 rings (SSSR count). The summed E-state index contributed by atoms with van der Waals surface area (Å²) in [6.07, 6.45) is 7.35. The van der Waals surface area contributed by atoms with E-state index in [1.165, 1.54) is 6.42 Å². The number of nitrogens with zero attached hydrogens (tertiary/aromatic N) is 1. The zero-order chi connectivity index (χ0) is 11.6. The van der Waals surface area contributed by atoms with Crippen molar-refractivity contribution in [1.29, 1.82) is 0 Å². The van der Waals surface area contributed by atoms with Crippen molar-refractivity contribution >= 4 is 5.78 Å². The fourth-order valence-corrected chi connectivity index (χ4v) is 2.32. The van der Waals surface area contributed by atoms with Crippen molar-refractivity contribution in [2.45, 2.75) is 32.6 Å². The van der Waals surface area contributed by atoms with Crippen LogP contribution in [0, 0.1) is 12.3 Å². The van der Waals surface area contributed by atoms with E-state index in [2.05, 4.69) is 4.98 Å². The molecule has 1 saturated carbocycles. The van der Waals surface area contributed by atoms with Crippen molar-refractivity contribution in [1.82, 2.24) is 4.98 Å². The Morgan fingerprint density at radius 2 is 2.31 bits per heavy atom. The van der Waals surface area contributed by atoms with E-state index in [9.17, 15) is 4.79 Å². The number of carbonyl (C=O) groups is 1. The van der Waals surface area contributed by atoms with E-state index in [0.717, 1.165) is 24.0 Å². The number of carbonyl (C=O) groups excluding carboxylic acids is 1. The standard InChI is InChI=1S/C13H18N2O/c1-10-3-6-15-8-11(10)12(16)7-13(9-14)4-2-5-13/h3,6,8H,2,4-5,7,9,14H2,1H3. The fraction of sp³-hybridized carbons (Fsp3) is 0.538. The molecular weight excluding hydrogens is 200 g/mol. The number of aromatic nitrogens is 1. The summed E-state index contributed by atoms with van der Waals surface area (Å²) in [5.41, 5.74) is 7.61. The first-order valence-electron chi connectivity index (χ1n) is 5.81. The van der Waals surface area contributed by atoms with Crippen molar-refractivity contribution in [3.8, 4) is 0 Å². The largest absolute Gasteiger partial charge is 0.330 e. The third kappa shape index (κ3) is 2.00. The number of hydrogen-bond acceptors (Lipinski definition) is 3. The van der Waals surface area contributed by atoms with Gasteiger partial charge in [-0.25, -0.2) is 0 Å². The van der Waals surface area contributed by atoms with Crippen molar-refractivity contribution in [3.63, 3.8) is 0 Å². The molecule has 0 saturated heterocycles. The molecule has 3 nitrogen and oxygen atoms in total. The van der Waals surface area contributed by atoms with E-state index < -0.39 is 0 Å². The van der Waals surface area contributed by atoms with Gasteiger partial charge in [0.2, 0.25) is 0 Å². The zero-order valence-electron chi connectivity index (χ0n) is 9.70.